The summed E-state index contributed by atoms with van der Waals surface area (Å²) in [6, 6.07) is 13.8. The van der Waals surface area contributed by atoms with Gasteiger partial charge in [0, 0.05) is 29.7 Å². The molecule has 168 valence electrons. The number of aromatic amines is 1. The number of benzene rings is 2. The summed E-state index contributed by atoms with van der Waals surface area (Å²) in [5.74, 6) is 0.499. The molecule has 2 amide bonds. The first-order valence-corrected chi connectivity index (χ1v) is 11.0. The Balaban J connectivity index is 1.66. The number of H-pyrrole nitrogens is 1. The number of aromatic nitrogens is 1. The van der Waals surface area contributed by atoms with Crippen LogP contribution in [0.2, 0.25) is 0 Å². The van der Waals surface area contributed by atoms with Gasteiger partial charge in [-0.2, -0.15) is 0 Å². The van der Waals surface area contributed by atoms with Gasteiger partial charge in [-0.3, -0.25) is 4.79 Å². The first kappa shape index (κ1) is 21.7. The summed E-state index contributed by atoms with van der Waals surface area (Å²) in [5.41, 5.74) is 5.45. The van der Waals surface area contributed by atoms with Gasteiger partial charge in [0.2, 0.25) is 0 Å². The smallest absolute Gasteiger partial charge is 0.318 e. The van der Waals surface area contributed by atoms with Crippen LogP contribution in [0.3, 0.4) is 0 Å². The fourth-order valence-corrected chi connectivity index (χ4v) is 4.31. The highest BCUT2D eigenvalue weighted by Gasteiger charge is 2.34. The number of hydrogen-bond acceptors (Lipinski definition) is 4. The first-order chi connectivity index (χ1) is 15.5. The van der Waals surface area contributed by atoms with Crippen molar-refractivity contribution in [3.63, 3.8) is 0 Å². The molecule has 0 saturated carbocycles. The molecule has 0 bridgehead atoms. The van der Waals surface area contributed by atoms with E-state index in [1.807, 2.05) is 30.0 Å². The fourth-order valence-electron chi connectivity index (χ4n) is 4.31. The molecule has 4 rings (SSSR count). The van der Waals surface area contributed by atoms with Gasteiger partial charge in [-0.1, -0.05) is 29.8 Å². The van der Waals surface area contributed by atoms with Crippen molar-refractivity contribution in [1.82, 2.24) is 15.2 Å². The summed E-state index contributed by atoms with van der Waals surface area (Å²) < 4.78 is 10.4. The quantitative estimate of drug-likeness (QED) is 0.571. The number of carbonyl (C=O) groups excluding carboxylic acids is 2. The molecule has 2 heterocycles. The second kappa shape index (κ2) is 9.34. The van der Waals surface area contributed by atoms with Crippen molar-refractivity contribution in [2.45, 2.75) is 32.7 Å². The van der Waals surface area contributed by atoms with E-state index in [4.69, 9.17) is 9.47 Å². The summed E-state index contributed by atoms with van der Waals surface area (Å²) in [7, 11) is 1.66. The van der Waals surface area contributed by atoms with E-state index in [1.54, 1.807) is 14.0 Å². The molecule has 1 aromatic heterocycles. The molecular formula is C25H29N3O4. The second-order valence-electron chi connectivity index (χ2n) is 7.97. The zero-order chi connectivity index (χ0) is 22.7. The van der Waals surface area contributed by atoms with E-state index >= 15 is 0 Å². The number of fused-ring (bicyclic) bond motifs is 3. The highest BCUT2D eigenvalue weighted by molar-refractivity contribution is 5.87. The van der Waals surface area contributed by atoms with Gasteiger partial charge in [-0.15, -0.1) is 0 Å². The number of aryl methyl sites for hydroxylation is 1. The van der Waals surface area contributed by atoms with E-state index in [9.17, 15) is 9.59 Å². The third kappa shape index (κ3) is 4.28. The van der Waals surface area contributed by atoms with Crippen molar-refractivity contribution in [3.05, 3.63) is 64.8 Å². The number of ether oxygens (including phenoxy) is 2. The molecule has 7 heteroatoms. The molecule has 3 aromatic rings. The first-order valence-electron chi connectivity index (χ1n) is 11.0. The lowest BCUT2D eigenvalue weighted by molar-refractivity contribution is -0.142. The van der Waals surface area contributed by atoms with Crippen molar-refractivity contribution in [2.24, 2.45) is 0 Å². The van der Waals surface area contributed by atoms with Gasteiger partial charge in [-0.05, 0) is 49.6 Å². The summed E-state index contributed by atoms with van der Waals surface area (Å²) >= 11 is 0. The minimum Gasteiger partial charge on any atom is -0.497 e. The van der Waals surface area contributed by atoms with Crippen LogP contribution in [-0.2, 0) is 16.0 Å². The van der Waals surface area contributed by atoms with Crippen molar-refractivity contribution >= 4 is 22.9 Å². The molecule has 0 aliphatic carbocycles. The second-order valence-corrected chi connectivity index (χ2v) is 7.97. The number of rotatable bonds is 6. The van der Waals surface area contributed by atoms with Crippen LogP contribution in [0.15, 0.2) is 42.5 Å². The Morgan fingerprint density at radius 2 is 1.97 bits per heavy atom. The predicted octanol–water partition coefficient (Wildman–Crippen LogP) is 4.10. The van der Waals surface area contributed by atoms with Gasteiger partial charge in [0.1, 0.15) is 5.75 Å². The van der Waals surface area contributed by atoms with Crippen LogP contribution in [0.25, 0.3) is 10.9 Å². The Morgan fingerprint density at radius 1 is 1.19 bits per heavy atom. The molecule has 2 aromatic carbocycles. The number of amides is 2. The lowest BCUT2D eigenvalue weighted by Crippen LogP contribution is -2.46. The molecule has 1 aliphatic heterocycles. The molecule has 1 atom stereocenters. The monoisotopic (exact) mass is 435 g/mol. The summed E-state index contributed by atoms with van der Waals surface area (Å²) in [6.45, 7) is 4.96. The van der Waals surface area contributed by atoms with Gasteiger partial charge in [0.25, 0.3) is 0 Å². The maximum Gasteiger partial charge on any atom is 0.318 e. The predicted molar refractivity (Wildman–Crippen MR) is 123 cm³/mol. The SMILES string of the molecule is CCOC(=O)CCNC(=O)N1CCc2c([nH]c3ccc(OC)cc23)C1c1ccc(C)cc1. The molecule has 1 aliphatic rings. The topological polar surface area (TPSA) is 83.7 Å². The normalized spacial score (nSPS) is 15.3. The van der Waals surface area contributed by atoms with Crippen molar-refractivity contribution in [1.29, 1.82) is 0 Å². The maximum absolute atomic E-state index is 13.1. The minimum atomic E-state index is -0.312. The maximum atomic E-state index is 13.1. The van der Waals surface area contributed by atoms with Crippen LogP contribution in [0.1, 0.15) is 41.8 Å². The van der Waals surface area contributed by atoms with E-state index < -0.39 is 0 Å². The standard InChI is InChI=1S/C25H29N3O4/c1-4-32-22(29)11-13-26-25(30)28-14-12-19-20-15-18(31-3)9-10-21(20)27-23(19)24(28)17-7-5-16(2)6-8-17/h5-10,15,24,27H,4,11-14H2,1-3H3,(H,26,30). The highest BCUT2D eigenvalue weighted by Crippen LogP contribution is 2.39. The molecule has 0 spiro atoms. The number of esters is 1. The average Bonchev–Trinajstić information content (AvgIpc) is 3.17. The van der Waals surface area contributed by atoms with Gasteiger partial charge < -0.3 is 24.7 Å². The lowest BCUT2D eigenvalue weighted by atomic mass is 9.92. The number of carbonyl (C=O) groups is 2. The lowest BCUT2D eigenvalue weighted by Gasteiger charge is -2.36. The van der Waals surface area contributed by atoms with E-state index in [2.05, 4.69) is 34.6 Å². The van der Waals surface area contributed by atoms with E-state index in [1.165, 1.54) is 5.56 Å². The molecule has 0 saturated heterocycles. The Bertz CT molecular complexity index is 1120. The Labute approximate surface area is 187 Å². The Morgan fingerprint density at radius 3 is 2.69 bits per heavy atom. The summed E-state index contributed by atoms with van der Waals surface area (Å²) in [4.78, 5) is 30.2. The number of nitrogens with zero attached hydrogens (tertiary/aromatic N) is 1. The average molecular weight is 436 g/mol. The molecule has 0 radical (unpaired) electrons. The number of nitrogens with one attached hydrogen (secondary N) is 2. The van der Waals surface area contributed by atoms with E-state index in [-0.39, 0.29) is 31.0 Å². The third-order valence-electron chi connectivity index (χ3n) is 5.90. The number of methoxy groups -OCH3 is 1. The molecule has 7 nitrogen and oxygen atoms in total. The van der Waals surface area contributed by atoms with Crippen molar-refractivity contribution < 1.29 is 19.1 Å². The minimum absolute atomic E-state index is 0.153. The van der Waals surface area contributed by atoms with Crippen LogP contribution >= 0.6 is 0 Å². The number of hydrogen-bond donors (Lipinski definition) is 2. The van der Waals surface area contributed by atoms with Crippen molar-refractivity contribution in [2.75, 3.05) is 26.8 Å². The molecule has 0 fully saturated rings. The van der Waals surface area contributed by atoms with Gasteiger partial charge in [0.05, 0.1) is 26.2 Å². The van der Waals surface area contributed by atoms with E-state index in [0.717, 1.165) is 39.9 Å². The fraction of sp³-hybridized carbons (Fsp3) is 0.360. The molecule has 1 unspecified atom stereocenters. The van der Waals surface area contributed by atoms with Crippen LogP contribution < -0.4 is 10.1 Å². The zero-order valence-corrected chi connectivity index (χ0v) is 18.7. The molecular weight excluding hydrogens is 406 g/mol. The summed E-state index contributed by atoms with van der Waals surface area (Å²) in [6.07, 6.45) is 0.885. The van der Waals surface area contributed by atoms with Crippen LogP contribution in [0.5, 0.6) is 5.75 Å². The van der Waals surface area contributed by atoms with Crippen LogP contribution in [0, 0.1) is 6.92 Å². The Hall–Kier alpha value is -3.48. The highest BCUT2D eigenvalue weighted by atomic mass is 16.5. The largest absolute Gasteiger partial charge is 0.497 e. The summed E-state index contributed by atoms with van der Waals surface area (Å²) in [5, 5.41) is 4.01. The number of urea groups is 1. The van der Waals surface area contributed by atoms with Gasteiger partial charge >= 0.3 is 12.0 Å². The van der Waals surface area contributed by atoms with Crippen LogP contribution in [-0.4, -0.2) is 48.7 Å². The van der Waals surface area contributed by atoms with E-state index in [0.29, 0.717) is 13.2 Å². The van der Waals surface area contributed by atoms with Gasteiger partial charge in [-0.25, -0.2) is 4.79 Å². The molecule has 2 N–H and O–H groups in total. The molecule has 32 heavy (non-hydrogen) atoms. The van der Waals surface area contributed by atoms with Gasteiger partial charge in [0.15, 0.2) is 0 Å². The Kier molecular flexibility index (Phi) is 6.35. The van der Waals surface area contributed by atoms with Crippen LogP contribution in [0.4, 0.5) is 4.79 Å². The third-order valence-corrected chi connectivity index (χ3v) is 5.90. The zero-order valence-electron chi connectivity index (χ0n) is 18.7. The van der Waals surface area contributed by atoms with Crippen molar-refractivity contribution in [3.8, 4) is 5.75 Å².